The fourth-order valence-corrected chi connectivity index (χ4v) is 2.97. The average molecular weight is 290 g/mol. The van der Waals surface area contributed by atoms with Gasteiger partial charge >= 0.3 is 0 Å². The van der Waals surface area contributed by atoms with Crippen molar-refractivity contribution in [3.05, 3.63) is 35.4 Å². The van der Waals surface area contributed by atoms with Gasteiger partial charge in [0.1, 0.15) is 0 Å². The van der Waals surface area contributed by atoms with E-state index in [9.17, 15) is 9.90 Å². The van der Waals surface area contributed by atoms with Crippen LogP contribution in [0.3, 0.4) is 0 Å². The highest BCUT2D eigenvalue weighted by Gasteiger charge is 2.28. The molecule has 1 fully saturated rings. The van der Waals surface area contributed by atoms with Gasteiger partial charge in [-0.2, -0.15) is 0 Å². The van der Waals surface area contributed by atoms with Gasteiger partial charge in [-0.3, -0.25) is 9.69 Å². The monoisotopic (exact) mass is 290 g/mol. The summed E-state index contributed by atoms with van der Waals surface area (Å²) in [6.07, 6.45) is 2.23. The molecule has 2 atom stereocenters. The number of aliphatic hydroxyl groups excluding tert-OH is 1. The average Bonchev–Trinajstić information content (AvgIpc) is 2.47. The number of hydrogen-bond donors (Lipinski definition) is 2. The lowest BCUT2D eigenvalue weighted by molar-refractivity contribution is -0.124. The van der Waals surface area contributed by atoms with Crippen LogP contribution >= 0.6 is 0 Å². The van der Waals surface area contributed by atoms with Crippen LogP contribution in [0.1, 0.15) is 30.9 Å². The topological polar surface area (TPSA) is 52.6 Å². The number of piperidine rings is 1. The van der Waals surface area contributed by atoms with E-state index in [1.165, 1.54) is 5.56 Å². The van der Waals surface area contributed by atoms with Crippen LogP contribution in [0.25, 0.3) is 0 Å². The van der Waals surface area contributed by atoms with Crippen molar-refractivity contribution in [3.8, 4) is 0 Å². The highest BCUT2D eigenvalue weighted by atomic mass is 16.3. The van der Waals surface area contributed by atoms with E-state index in [0.29, 0.717) is 19.0 Å². The minimum Gasteiger partial charge on any atom is -0.395 e. The van der Waals surface area contributed by atoms with E-state index in [1.807, 2.05) is 12.1 Å². The van der Waals surface area contributed by atoms with Crippen LogP contribution in [0.15, 0.2) is 24.3 Å². The van der Waals surface area contributed by atoms with Gasteiger partial charge in [-0.1, -0.05) is 36.8 Å². The van der Waals surface area contributed by atoms with E-state index < -0.39 is 0 Å². The Bertz CT molecular complexity index is 458. The molecule has 116 valence electrons. The number of nitrogens with zero attached hydrogens (tertiary/aromatic N) is 1. The predicted molar refractivity (Wildman–Crippen MR) is 83.9 cm³/mol. The molecule has 2 N–H and O–H groups in total. The molecule has 4 nitrogen and oxygen atoms in total. The van der Waals surface area contributed by atoms with Crippen molar-refractivity contribution in [2.24, 2.45) is 5.92 Å². The molecular weight excluding hydrogens is 264 g/mol. The van der Waals surface area contributed by atoms with E-state index in [0.717, 1.165) is 24.9 Å². The fraction of sp³-hybridized carbons (Fsp3) is 0.588. The van der Waals surface area contributed by atoms with Crippen LogP contribution in [0.2, 0.25) is 0 Å². The van der Waals surface area contributed by atoms with Crippen molar-refractivity contribution in [1.82, 2.24) is 10.2 Å². The molecule has 1 aromatic carbocycles. The molecule has 1 heterocycles. The summed E-state index contributed by atoms with van der Waals surface area (Å²) in [5.74, 6) is 0.483. The zero-order chi connectivity index (χ0) is 15.2. The fourth-order valence-electron chi connectivity index (χ4n) is 2.97. The van der Waals surface area contributed by atoms with Crippen molar-refractivity contribution in [2.45, 2.75) is 39.3 Å². The Kier molecular flexibility index (Phi) is 5.76. The van der Waals surface area contributed by atoms with Gasteiger partial charge in [-0.05, 0) is 37.8 Å². The summed E-state index contributed by atoms with van der Waals surface area (Å²) in [4.78, 5) is 14.2. The number of carbonyl (C=O) groups is 1. The standard InChI is InChI=1S/C17H26N2O2/c1-13-5-7-15(8-6-13)10-18-17(21)11-19-9-3-4-14(2)16(19)12-20/h5-8,14,16,20H,3-4,9-12H2,1-2H3,(H,18,21). The summed E-state index contributed by atoms with van der Waals surface area (Å²) in [5.41, 5.74) is 2.33. The van der Waals surface area contributed by atoms with Crippen molar-refractivity contribution < 1.29 is 9.90 Å². The van der Waals surface area contributed by atoms with Crippen molar-refractivity contribution in [2.75, 3.05) is 19.7 Å². The zero-order valence-corrected chi connectivity index (χ0v) is 13.0. The van der Waals surface area contributed by atoms with Crippen molar-refractivity contribution >= 4 is 5.91 Å². The Balaban J connectivity index is 1.82. The molecular formula is C17H26N2O2. The van der Waals surface area contributed by atoms with Gasteiger partial charge in [0.15, 0.2) is 0 Å². The number of nitrogens with one attached hydrogen (secondary N) is 1. The normalized spacial score (nSPS) is 23.0. The summed E-state index contributed by atoms with van der Waals surface area (Å²) >= 11 is 0. The second kappa shape index (κ2) is 7.57. The molecule has 0 aliphatic carbocycles. The number of carbonyl (C=O) groups excluding carboxylic acids is 1. The summed E-state index contributed by atoms with van der Waals surface area (Å²) in [7, 11) is 0. The van der Waals surface area contributed by atoms with E-state index >= 15 is 0 Å². The molecule has 0 radical (unpaired) electrons. The van der Waals surface area contributed by atoms with E-state index in [-0.39, 0.29) is 18.6 Å². The molecule has 0 spiro atoms. The van der Waals surface area contributed by atoms with Crippen molar-refractivity contribution in [3.63, 3.8) is 0 Å². The quantitative estimate of drug-likeness (QED) is 0.868. The first-order valence-electron chi connectivity index (χ1n) is 7.77. The largest absolute Gasteiger partial charge is 0.395 e. The first kappa shape index (κ1) is 16.0. The van der Waals surface area contributed by atoms with Gasteiger partial charge in [0, 0.05) is 12.6 Å². The minimum absolute atomic E-state index is 0.0307. The van der Waals surface area contributed by atoms with E-state index in [1.54, 1.807) is 0 Å². The van der Waals surface area contributed by atoms with Gasteiger partial charge < -0.3 is 10.4 Å². The first-order chi connectivity index (χ1) is 10.1. The predicted octanol–water partition coefficient (Wildman–Crippen LogP) is 1.70. The Morgan fingerprint density at radius 3 is 2.76 bits per heavy atom. The molecule has 1 saturated heterocycles. The van der Waals surface area contributed by atoms with Crippen LogP contribution in [-0.4, -0.2) is 41.7 Å². The molecule has 21 heavy (non-hydrogen) atoms. The first-order valence-corrected chi connectivity index (χ1v) is 7.77. The van der Waals surface area contributed by atoms with Crippen LogP contribution in [0.4, 0.5) is 0 Å². The second-order valence-electron chi connectivity index (χ2n) is 6.10. The maximum Gasteiger partial charge on any atom is 0.234 e. The number of likely N-dealkylation sites (tertiary alicyclic amines) is 1. The van der Waals surface area contributed by atoms with Crippen LogP contribution in [0, 0.1) is 12.8 Å². The maximum absolute atomic E-state index is 12.1. The summed E-state index contributed by atoms with van der Waals surface area (Å²) in [5, 5.41) is 12.5. The lowest BCUT2D eigenvalue weighted by Crippen LogP contribution is -2.50. The molecule has 1 aromatic rings. The van der Waals surface area contributed by atoms with Gasteiger partial charge in [-0.15, -0.1) is 0 Å². The number of aliphatic hydroxyl groups is 1. The molecule has 0 aromatic heterocycles. The maximum atomic E-state index is 12.1. The number of rotatable bonds is 5. The van der Waals surface area contributed by atoms with Crippen molar-refractivity contribution in [1.29, 1.82) is 0 Å². The van der Waals surface area contributed by atoms with Crippen LogP contribution in [0.5, 0.6) is 0 Å². The highest BCUT2D eigenvalue weighted by molar-refractivity contribution is 5.78. The molecule has 1 aliphatic rings. The Morgan fingerprint density at radius 2 is 2.10 bits per heavy atom. The van der Waals surface area contributed by atoms with Gasteiger partial charge in [0.25, 0.3) is 0 Å². The number of aryl methyl sites for hydroxylation is 1. The molecule has 4 heteroatoms. The number of hydrogen-bond acceptors (Lipinski definition) is 3. The third-order valence-electron chi connectivity index (χ3n) is 4.37. The summed E-state index contributed by atoms with van der Waals surface area (Å²) < 4.78 is 0. The Hall–Kier alpha value is -1.39. The Morgan fingerprint density at radius 1 is 1.38 bits per heavy atom. The minimum atomic E-state index is 0.0307. The molecule has 1 amide bonds. The van der Waals surface area contributed by atoms with Gasteiger partial charge in [0.05, 0.1) is 13.2 Å². The van der Waals surface area contributed by atoms with E-state index in [4.69, 9.17) is 0 Å². The number of benzene rings is 1. The lowest BCUT2D eigenvalue weighted by Gasteiger charge is -2.38. The summed E-state index contributed by atoms with van der Waals surface area (Å²) in [6, 6.07) is 8.29. The SMILES string of the molecule is Cc1ccc(CNC(=O)CN2CCCC(C)C2CO)cc1. The third kappa shape index (κ3) is 4.55. The number of amides is 1. The molecule has 1 aliphatic heterocycles. The van der Waals surface area contributed by atoms with Gasteiger partial charge in [-0.25, -0.2) is 0 Å². The summed E-state index contributed by atoms with van der Waals surface area (Å²) in [6.45, 7) is 6.17. The third-order valence-corrected chi connectivity index (χ3v) is 4.37. The van der Waals surface area contributed by atoms with E-state index in [2.05, 4.69) is 36.2 Å². The molecule has 2 unspecified atom stereocenters. The molecule has 0 saturated carbocycles. The van der Waals surface area contributed by atoms with Crippen LogP contribution < -0.4 is 5.32 Å². The zero-order valence-electron chi connectivity index (χ0n) is 13.0. The second-order valence-corrected chi connectivity index (χ2v) is 6.10. The lowest BCUT2D eigenvalue weighted by atomic mass is 9.91. The molecule has 2 rings (SSSR count). The Labute approximate surface area is 127 Å². The van der Waals surface area contributed by atoms with Gasteiger partial charge in [0.2, 0.25) is 5.91 Å². The highest BCUT2D eigenvalue weighted by Crippen LogP contribution is 2.22. The smallest absolute Gasteiger partial charge is 0.234 e. The molecule has 0 bridgehead atoms. The van der Waals surface area contributed by atoms with Crippen LogP contribution in [-0.2, 0) is 11.3 Å².